The summed E-state index contributed by atoms with van der Waals surface area (Å²) in [6, 6.07) is 0. The molecule has 0 aromatic heterocycles. The average Bonchev–Trinajstić information content (AvgIpc) is 2.53. The number of unbranched alkanes of at least 4 members (excludes halogenated alkanes) is 9. The fourth-order valence-electron chi connectivity index (χ4n) is 2.64. The van der Waals surface area contributed by atoms with Gasteiger partial charge in [0.2, 0.25) is 0 Å². The maximum Gasteiger partial charge on any atom is 0.308 e. The molecule has 0 saturated carbocycles. The molecule has 0 radical (unpaired) electrons. The van der Waals surface area contributed by atoms with Crippen molar-refractivity contribution in [2.45, 2.75) is 105 Å². The average molecular weight is 339 g/mol. The molecule has 24 heavy (non-hydrogen) atoms. The third-order valence-electron chi connectivity index (χ3n) is 4.30. The van der Waals surface area contributed by atoms with Crippen LogP contribution in [0.15, 0.2) is 12.2 Å². The van der Waals surface area contributed by atoms with E-state index in [1.54, 1.807) is 0 Å². The number of esters is 1. The van der Waals surface area contributed by atoms with E-state index in [9.17, 15) is 4.79 Å². The smallest absolute Gasteiger partial charge is 0.308 e. The third-order valence-corrected chi connectivity index (χ3v) is 4.30. The molecule has 0 aliphatic rings. The second-order valence-electron chi connectivity index (χ2n) is 7.74. The molecular weight excluding hydrogens is 296 g/mol. The van der Waals surface area contributed by atoms with Gasteiger partial charge in [0.25, 0.3) is 0 Å². The lowest BCUT2D eigenvalue weighted by atomic mass is 10.0. The van der Waals surface area contributed by atoms with Gasteiger partial charge in [0.15, 0.2) is 0 Å². The van der Waals surface area contributed by atoms with Gasteiger partial charge in [0, 0.05) is 0 Å². The molecule has 0 aromatic rings. The largest absolute Gasteiger partial charge is 0.465 e. The van der Waals surface area contributed by atoms with E-state index in [1.165, 1.54) is 70.6 Å². The van der Waals surface area contributed by atoms with Gasteiger partial charge in [-0.05, 0) is 38.0 Å². The second kappa shape index (κ2) is 17.0. The first kappa shape index (κ1) is 23.2. The van der Waals surface area contributed by atoms with Crippen molar-refractivity contribution < 1.29 is 9.53 Å². The molecule has 0 bridgehead atoms. The van der Waals surface area contributed by atoms with Gasteiger partial charge in [-0.15, -0.1) is 0 Å². The highest BCUT2D eigenvalue weighted by atomic mass is 16.5. The van der Waals surface area contributed by atoms with Gasteiger partial charge >= 0.3 is 5.97 Å². The molecule has 0 rings (SSSR count). The maximum atomic E-state index is 11.3. The molecule has 2 nitrogen and oxygen atoms in total. The Kier molecular flexibility index (Phi) is 16.5. The van der Waals surface area contributed by atoms with Crippen molar-refractivity contribution in [2.24, 2.45) is 11.8 Å². The number of carbonyl (C=O) groups is 1. The monoisotopic (exact) mass is 338 g/mol. The lowest BCUT2D eigenvalue weighted by molar-refractivity contribution is -0.147. The maximum absolute atomic E-state index is 11.3. The molecule has 0 fully saturated rings. The number of carbonyl (C=O) groups excluding carboxylic acids is 1. The van der Waals surface area contributed by atoms with Gasteiger partial charge in [-0.1, -0.05) is 84.8 Å². The van der Waals surface area contributed by atoms with E-state index in [1.807, 2.05) is 13.8 Å². The fraction of sp³-hybridized carbons (Fsp3) is 0.864. The Bertz CT molecular complexity index is 305. The molecule has 0 heterocycles. The van der Waals surface area contributed by atoms with E-state index < -0.39 is 0 Å². The Morgan fingerprint density at radius 3 is 1.79 bits per heavy atom. The van der Waals surface area contributed by atoms with Crippen LogP contribution in [-0.4, -0.2) is 12.6 Å². The zero-order valence-corrected chi connectivity index (χ0v) is 16.8. The summed E-state index contributed by atoms with van der Waals surface area (Å²) in [7, 11) is 0. The minimum absolute atomic E-state index is 0.00176. The van der Waals surface area contributed by atoms with Crippen LogP contribution in [0.1, 0.15) is 105 Å². The van der Waals surface area contributed by atoms with E-state index in [0.717, 1.165) is 12.3 Å². The van der Waals surface area contributed by atoms with E-state index in [4.69, 9.17) is 4.74 Å². The molecule has 0 atom stereocenters. The highest BCUT2D eigenvalue weighted by Gasteiger charge is 2.06. The van der Waals surface area contributed by atoms with Crippen molar-refractivity contribution in [1.82, 2.24) is 0 Å². The summed E-state index contributed by atoms with van der Waals surface area (Å²) in [6.07, 6.45) is 20.1. The number of ether oxygens (including phenoxy) is 1. The highest BCUT2D eigenvalue weighted by Crippen LogP contribution is 2.11. The molecule has 0 spiro atoms. The number of hydrogen-bond donors (Lipinski definition) is 0. The molecule has 0 unspecified atom stereocenters. The van der Waals surface area contributed by atoms with Gasteiger partial charge in [0.05, 0.1) is 12.5 Å². The van der Waals surface area contributed by atoms with Crippen LogP contribution in [-0.2, 0) is 9.53 Å². The summed E-state index contributed by atoms with van der Waals surface area (Å²) in [4.78, 5) is 11.3. The van der Waals surface area contributed by atoms with E-state index in [-0.39, 0.29) is 11.9 Å². The number of allylic oxidation sites excluding steroid dienone is 2. The Labute approximate surface area is 151 Å². The van der Waals surface area contributed by atoms with Crippen LogP contribution < -0.4 is 0 Å². The summed E-state index contributed by atoms with van der Waals surface area (Å²) in [5.74, 6) is 0.787. The van der Waals surface area contributed by atoms with Gasteiger partial charge in [0.1, 0.15) is 0 Å². The predicted octanol–water partition coefficient (Wildman–Crippen LogP) is 7.08. The van der Waals surface area contributed by atoms with Crippen LogP contribution in [0.3, 0.4) is 0 Å². The van der Waals surface area contributed by atoms with Crippen molar-refractivity contribution in [1.29, 1.82) is 0 Å². The predicted molar refractivity (Wildman–Crippen MR) is 105 cm³/mol. The lowest BCUT2D eigenvalue weighted by Crippen LogP contribution is -2.12. The number of rotatable bonds is 16. The van der Waals surface area contributed by atoms with Crippen LogP contribution in [0, 0.1) is 11.8 Å². The van der Waals surface area contributed by atoms with Crippen LogP contribution in [0.25, 0.3) is 0 Å². The highest BCUT2D eigenvalue weighted by molar-refractivity contribution is 5.71. The van der Waals surface area contributed by atoms with Gasteiger partial charge in [-0.25, -0.2) is 0 Å². The minimum atomic E-state index is -0.0679. The van der Waals surface area contributed by atoms with Crippen molar-refractivity contribution in [3.05, 3.63) is 12.2 Å². The Hall–Kier alpha value is -0.790. The van der Waals surface area contributed by atoms with Gasteiger partial charge in [-0.3, -0.25) is 4.79 Å². The summed E-state index contributed by atoms with van der Waals surface area (Å²) in [6.45, 7) is 8.97. The molecule has 0 aromatic carbocycles. The van der Waals surface area contributed by atoms with E-state index in [2.05, 4.69) is 26.0 Å². The van der Waals surface area contributed by atoms with Gasteiger partial charge < -0.3 is 4.74 Å². The van der Waals surface area contributed by atoms with Crippen LogP contribution in [0.4, 0.5) is 0 Å². The zero-order valence-electron chi connectivity index (χ0n) is 16.8. The molecule has 142 valence electrons. The first-order valence-electron chi connectivity index (χ1n) is 10.4. The quantitative estimate of drug-likeness (QED) is 0.171. The molecule has 0 amide bonds. The van der Waals surface area contributed by atoms with E-state index >= 15 is 0 Å². The number of hydrogen-bond acceptors (Lipinski definition) is 2. The summed E-state index contributed by atoms with van der Waals surface area (Å²) < 4.78 is 5.17. The lowest BCUT2D eigenvalue weighted by Gasteiger charge is -2.06. The van der Waals surface area contributed by atoms with E-state index in [0.29, 0.717) is 6.61 Å². The third kappa shape index (κ3) is 17.6. The standard InChI is InChI=1S/C22H42O2/c1-20(2)18-16-14-12-10-8-6-5-7-9-11-13-15-17-19-24-22(23)21(3)4/h6,8,20-21H,5,7,9-19H2,1-4H3/b8-6-. The molecule has 2 heteroatoms. The summed E-state index contributed by atoms with van der Waals surface area (Å²) in [5, 5.41) is 0. The molecule has 0 saturated heterocycles. The SMILES string of the molecule is CC(C)CCCCC/C=C\CCCCCCCCOC(=O)C(C)C. The van der Waals surface area contributed by atoms with Crippen molar-refractivity contribution in [3.8, 4) is 0 Å². The summed E-state index contributed by atoms with van der Waals surface area (Å²) >= 11 is 0. The molecule has 0 aliphatic heterocycles. The van der Waals surface area contributed by atoms with Crippen LogP contribution in [0.5, 0.6) is 0 Å². The molecule has 0 aliphatic carbocycles. The van der Waals surface area contributed by atoms with Crippen molar-refractivity contribution in [2.75, 3.05) is 6.61 Å². The topological polar surface area (TPSA) is 26.3 Å². The minimum Gasteiger partial charge on any atom is -0.465 e. The fourth-order valence-corrected chi connectivity index (χ4v) is 2.64. The van der Waals surface area contributed by atoms with Crippen molar-refractivity contribution in [3.63, 3.8) is 0 Å². The van der Waals surface area contributed by atoms with Crippen LogP contribution in [0.2, 0.25) is 0 Å². The Morgan fingerprint density at radius 2 is 1.25 bits per heavy atom. The normalized spacial score (nSPS) is 11.8. The Balaban J connectivity index is 3.17. The van der Waals surface area contributed by atoms with Crippen molar-refractivity contribution >= 4 is 5.97 Å². The Morgan fingerprint density at radius 1 is 0.750 bits per heavy atom. The molecular formula is C22H42O2. The molecule has 0 N–H and O–H groups in total. The first-order chi connectivity index (χ1) is 11.5. The van der Waals surface area contributed by atoms with Crippen LogP contribution >= 0.6 is 0 Å². The van der Waals surface area contributed by atoms with Gasteiger partial charge in [-0.2, -0.15) is 0 Å². The second-order valence-corrected chi connectivity index (χ2v) is 7.74. The first-order valence-corrected chi connectivity index (χ1v) is 10.4. The zero-order chi connectivity index (χ0) is 18.0. The summed E-state index contributed by atoms with van der Waals surface area (Å²) in [5.41, 5.74) is 0.